The van der Waals surface area contributed by atoms with E-state index in [0.29, 0.717) is 0 Å². The monoisotopic (exact) mass is 632 g/mol. The van der Waals surface area contributed by atoms with Gasteiger partial charge < -0.3 is 8.23 Å². The zero-order valence-electron chi connectivity index (χ0n) is 25.2. The summed E-state index contributed by atoms with van der Waals surface area (Å²) < 4.78 is 15.9. The van der Waals surface area contributed by atoms with E-state index in [9.17, 15) is 0 Å². The molecule has 6 aromatic rings. The van der Waals surface area contributed by atoms with Crippen LogP contribution >= 0.6 is 0 Å². The highest BCUT2D eigenvalue weighted by molar-refractivity contribution is 7.14. The molecule has 6 aromatic carbocycles. The van der Waals surface area contributed by atoms with Gasteiger partial charge in [-0.3, -0.25) is 0 Å². The average molecular weight is 633 g/mol. The summed E-state index contributed by atoms with van der Waals surface area (Å²) in [4.78, 5) is 0. The molecule has 0 heterocycles. The summed E-state index contributed by atoms with van der Waals surface area (Å²) in [5, 5.41) is 6.65. The highest BCUT2D eigenvalue weighted by Gasteiger charge is 2.55. The normalized spacial score (nSPS) is 13.0. The lowest BCUT2D eigenvalue weighted by Gasteiger charge is -2.45. The molecule has 0 saturated carbocycles. The number of benzene rings is 6. The minimum absolute atomic E-state index is 1.00. The highest BCUT2D eigenvalue weighted by atomic mass is 28.5. The molecule has 0 radical (unpaired) electrons. The zero-order valence-corrected chi connectivity index (χ0v) is 28.2. The second-order valence-electron chi connectivity index (χ2n) is 10.9. The molecule has 0 spiro atoms. The standard InChI is InChI=1S/C40H36O2Si3/c1-3-43(35-23-11-5-12-24-35,36-25-13-6-14-26-36)41-44(4-2,37-27-15-7-16-28-37)42-45(38-29-17-8-18-30-38,39-31-19-9-20-32-39)40-33-21-10-22-34-40/h3-34H,1-2H2. The molecule has 0 aliphatic rings. The van der Waals surface area contributed by atoms with Gasteiger partial charge in [0, 0.05) is 0 Å². The largest absolute Gasteiger partial charge is 0.419 e. The molecule has 5 heteroatoms. The first-order chi connectivity index (χ1) is 22.2. The Morgan fingerprint density at radius 2 is 0.622 bits per heavy atom. The molecular formula is C40H36O2Si3. The molecule has 0 saturated heterocycles. The molecule has 1 atom stereocenters. The lowest BCUT2D eigenvalue weighted by molar-refractivity contribution is 0.428. The molecule has 0 N–H and O–H groups in total. The van der Waals surface area contributed by atoms with Crippen molar-refractivity contribution in [2.75, 3.05) is 0 Å². The molecular weight excluding hydrogens is 597 g/mol. The summed E-state index contributed by atoms with van der Waals surface area (Å²) in [5.41, 5.74) is 4.03. The van der Waals surface area contributed by atoms with E-state index in [1.54, 1.807) is 0 Å². The number of hydrogen-bond acceptors (Lipinski definition) is 2. The van der Waals surface area contributed by atoms with Crippen LogP contribution in [-0.2, 0) is 8.23 Å². The molecule has 0 bridgehead atoms. The van der Waals surface area contributed by atoms with Crippen LogP contribution in [0.25, 0.3) is 0 Å². The van der Waals surface area contributed by atoms with Crippen molar-refractivity contribution in [1.29, 1.82) is 0 Å². The van der Waals surface area contributed by atoms with Gasteiger partial charge in [0.05, 0.1) is 0 Å². The van der Waals surface area contributed by atoms with Crippen LogP contribution in [0, 0.1) is 0 Å². The van der Waals surface area contributed by atoms with Gasteiger partial charge in [-0.2, -0.15) is 0 Å². The summed E-state index contributed by atoms with van der Waals surface area (Å²) in [7, 11) is -9.87. The van der Waals surface area contributed by atoms with Gasteiger partial charge in [-0.15, -0.1) is 13.2 Å². The van der Waals surface area contributed by atoms with Crippen molar-refractivity contribution in [2.45, 2.75) is 0 Å². The topological polar surface area (TPSA) is 18.5 Å². The first-order valence-corrected chi connectivity index (χ1v) is 21.0. The zero-order chi connectivity index (χ0) is 31.0. The molecule has 220 valence electrons. The van der Waals surface area contributed by atoms with Gasteiger partial charge in [-0.05, 0) is 36.8 Å². The summed E-state index contributed by atoms with van der Waals surface area (Å²) in [6.45, 7) is 8.95. The Morgan fingerprint density at radius 3 is 0.911 bits per heavy atom. The molecule has 0 aromatic heterocycles. The van der Waals surface area contributed by atoms with Gasteiger partial charge in [-0.25, -0.2) is 0 Å². The van der Waals surface area contributed by atoms with Crippen LogP contribution in [0.15, 0.2) is 207 Å². The predicted molar refractivity (Wildman–Crippen MR) is 196 cm³/mol. The van der Waals surface area contributed by atoms with E-state index < -0.39 is 25.2 Å². The Bertz CT molecular complexity index is 1680. The van der Waals surface area contributed by atoms with Crippen molar-refractivity contribution in [3.63, 3.8) is 0 Å². The average Bonchev–Trinajstić information content (AvgIpc) is 3.14. The maximum Gasteiger partial charge on any atom is 0.379 e. The summed E-state index contributed by atoms with van der Waals surface area (Å²) in [6.07, 6.45) is 0. The first kappa shape index (κ1) is 30.4. The van der Waals surface area contributed by atoms with Gasteiger partial charge in [0.2, 0.25) is 0 Å². The molecule has 6 rings (SSSR count). The van der Waals surface area contributed by atoms with E-state index in [1.165, 1.54) is 0 Å². The van der Waals surface area contributed by atoms with Crippen LogP contribution in [0.4, 0.5) is 0 Å². The fourth-order valence-electron chi connectivity index (χ4n) is 6.11. The maximum absolute atomic E-state index is 8.04. The third-order valence-electron chi connectivity index (χ3n) is 8.30. The molecule has 2 nitrogen and oxygen atoms in total. The smallest absolute Gasteiger partial charge is 0.379 e. The van der Waals surface area contributed by atoms with Crippen molar-refractivity contribution < 1.29 is 8.23 Å². The van der Waals surface area contributed by atoms with E-state index >= 15 is 0 Å². The molecule has 0 aliphatic heterocycles. The molecule has 0 amide bonds. The SMILES string of the molecule is C=C[Si](O[Si](C=C)(c1ccccc1)c1ccccc1)(O[Si](c1ccccc1)(c1ccccc1)c1ccccc1)c1ccccc1. The van der Waals surface area contributed by atoms with E-state index in [1.807, 2.05) is 29.6 Å². The quantitative estimate of drug-likeness (QED) is 0.136. The van der Waals surface area contributed by atoms with E-state index in [-0.39, 0.29) is 0 Å². The van der Waals surface area contributed by atoms with Crippen LogP contribution in [-0.4, -0.2) is 25.2 Å². The fourth-order valence-corrected chi connectivity index (χ4v) is 20.7. The summed E-state index contributed by atoms with van der Waals surface area (Å²) in [5.74, 6) is 0. The predicted octanol–water partition coefficient (Wildman–Crippen LogP) is 5.25. The van der Waals surface area contributed by atoms with E-state index in [4.69, 9.17) is 8.23 Å². The van der Waals surface area contributed by atoms with Gasteiger partial charge in [0.1, 0.15) is 0 Å². The van der Waals surface area contributed by atoms with Crippen LogP contribution in [0.1, 0.15) is 0 Å². The third-order valence-corrected chi connectivity index (χ3v) is 21.3. The molecule has 45 heavy (non-hydrogen) atoms. The fraction of sp³-hybridized carbons (Fsp3) is 0. The first-order valence-electron chi connectivity index (χ1n) is 15.2. The van der Waals surface area contributed by atoms with Gasteiger partial charge in [-0.1, -0.05) is 188 Å². The van der Waals surface area contributed by atoms with Gasteiger partial charge in [0.15, 0.2) is 0 Å². The van der Waals surface area contributed by atoms with Crippen LogP contribution in [0.5, 0.6) is 0 Å². The van der Waals surface area contributed by atoms with Crippen molar-refractivity contribution in [3.8, 4) is 0 Å². The highest BCUT2D eigenvalue weighted by Crippen LogP contribution is 2.24. The Hall–Kier alpha value is -4.63. The summed E-state index contributed by atoms with van der Waals surface area (Å²) in [6, 6.07) is 63.4. The molecule has 0 fully saturated rings. The van der Waals surface area contributed by atoms with Crippen molar-refractivity contribution in [3.05, 3.63) is 207 Å². The van der Waals surface area contributed by atoms with E-state index in [2.05, 4.69) is 177 Å². The summed E-state index contributed by atoms with van der Waals surface area (Å²) >= 11 is 0. The van der Waals surface area contributed by atoms with Crippen LogP contribution < -0.4 is 31.1 Å². The number of rotatable bonds is 12. The molecule has 1 unspecified atom stereocenters. The Balaban J connectivity index is 1.68. The van der Waals surface area contributed by atoms with Crippen molar-refractivity contribution in [2.24, 2.45) is 0 Å². The Labute approximate surface area is 270 Å². The Kier molecular flexibility index (Phi) is 9.16. The van der Waals surface area contributed by atoms with E-state index in [0.717, 1.165) is 31.1 Å². The Morgan fingerprint density at radius 1 is 0.333 bits per heavy atom. The van der Waals surface area contributed by atoms with Crippen LogP contribution in [0.2, 0.25) is 0 Å². The lowest BCUT2D eigenvalue weighted by atomic mass is 10.3. The second kappa shape index (κ2) is 13.6. The number of hydrogen-bond donors (Lipinski definition) is 0. The maximum atomic E-state index is 8.04. The minimum atomic E-state index is -3.54. The third kappa shape index (κ3) is 5.80. The second-order valence-corrected chi connectivity index (χ2v) is 21.0. The van der Waals surface area contributed by atoms with Gasteiger partial charge in [0.25, 0.3) is 16.6 Å². The van der Waals surface area contributed by atoms with Crippen molar-refractivity contribution in [1.82, 2.24) is 0 Å². The molecule has 0 aliphatic carbocycles. The van der Waals surface area contributed by atoms with Gasteiger partial charge >= 0.3 is 8.56 Å². The van der Waals surface area contributed by atoms with Crippen molar-refractivity contribution >= 4 is 56.3 Å². The van der Waals surface area contributed by atoms with Crippen LogP contribution in [0.3, 0.4) is 0 Å². The minimum Gasteiger partial charge on any atom is -0.419 e. The lowest BCUT2D eigenvalue weighted by Crippen LogP contribution is -2.78.